The monoisotopic (exact) mass is 1280 g/mol. The number of ether oxygens (including phenoxy) is 5. The van der Waals surface area contributed by atoms with Gasteiger partial charge in [0.1, 0.15) is 35.2 Å². The Kier molecular flexibility index (Phi) is 21.5. The zero-order valence-corrected chi connectivity index (χ0v) is 50.4. The van der Waals surface area contributed by atoms with Crippen molar-refractivity contribution in [1.82, 2.24) is 19.6 Å². The van der Waals surface area contributed by atoms with Crippen molar-refractivity contribution in [3.05, 3.63) is 92.5 Å². The standard InChI is InChI=1S/C29H37FN2O7S.C20H23FN2O4S.C9H15IO3/c1-16-24-23(17(2)33)27(34)32(24)25(28(35)37-18(3)38-29(36)39-21-7-5-4-6-8-21)26(16)40-22-14-31(15-22)13-19-9-11-20(30)12-10-19;1-10-16-15(11(2)24)19(25)23(16)17(20(26)27)18(10)28-14-8-22(9-14)7-12-3-5-13(21)6-4-12;1-7(10)12-9(11)13-8-5-3-2-4-6-8/h9-12,16-18,21-24,33H,4-8,13-15H2,1-3H3;3-6,10-11,14-16,24H,7-9H2,1-2H3,(H,26,27);7-8H,2-6H2,1H3/t16-,17-,18?,23-,24-;10-,11-,15-,16-;/m11./s1. The third-order valence-electron chi connectivity index (χ3n) is 16.1. The Morgan fingerprint density at radius 2 is 0.988 bits per heavy atom. The predicted molar refractivity (Wildman–Crippen MR) is 306 cm³/mol. The summed E-state index contributed by atoms with van der Waals surface area (Å²) in [5.74, 6) is -4.34. The lowest BCUT2D eigenvalue weighted by molar-refractivity contribution is -0.174. The van der Waals surface area contributed by atoms with Gasteiger partial charge in [0.2, 0.25) is 18.1 Å². The number of nitrogens with zero attached hydrogens (tertiary/aromatic N) is 4. The van der Waals surface area contributed by atoms with Crippen LogP contribution in [0.2, 0.25) is 0 Å². The molecule has 2 amide bonds. The molecule has 8 aliphatic rings. The molecular formula is C58H75F2IN4O14S2. The Morgan fingerprint density at radius 1 is 0.605 bits per heavy atom. The molecule has 6 heterocycles. The number of carboxylic acids is 1. The number of carbonyl (C=O) groups is 6. The number of aliphatic carboxylic acids is 1. The van der Waals surface area contributed by atoms with E-state index in [1.54, 1.807) is 61.6 Å². The number of carboxylic acid groups (broad SMARTS) is 1. The number of amides is 2. The first-order valence-electron chi connectivity index (χ1n) is 28.2. The molecule has 0 spiro atoms. The Bertz CT molecular complexity index is 2640. The fraction of sp³-hybridized carbons (Fsp3) is 0.621. The van der Waals surface area contributed by atoms with Crippen LogP contribution in [0.4, 0.5) is 18.4 Å². The van der Waals surface area contributed by atoms with Crippen LogP contribution in [0, 0.1) is 35.3 Å². The van der Waals surface area contributed by atoms with Gasteiger partial charge in [0.25, 0.3) is 0 Å². The van der Waals surface area contributed by atoms with E-state index in [4.69, 9.17) is 23.7 Å². The summed E-state index contributed by atoms with van der Waals surface area (Å²) in [6.07, 6.45) is 5.96. The number of rotatable bonds is 17. The molecule has 10 atom stereocenters. The number of likely N-dealkylation sites (tertiary alicyclic amines) is 2. The van der Waals surface area contributed by atoms with Crippen LogP contribution in [0.25, 0.3) is 0 Å². The second-order valence-corrected chi connectivity index (χ2v) is 26.8. The van der Waals surface area contributed by atoms with Crippen molar-refractivity contribution >= 4 is 82.2 Å². The quantitative estimate of drug-likeness (QED) is 0.0335. The normalized spacial score (nSPS) is 26.6. The first-order valence-corrected chi connectivity index (χ1v) is 31.2. The molecule has 2 unspecified atom stereocenters. The molecule has 3 N–H and O–H groups in total. The summed E-state index contributed by atoms with van der Waals surface area (Å²) in [6.45, 7) is 14.9. The lowest BCUT2D eigenvalue weighted by Gasteiger charge is -2.46. The van der Waals surface area contributed by atoms with E-state index >= 15 is 0 Å². The second kappa shape index (κ2) is 27.9. The number of carbonyl (C=O) groups excluding carboxylic acids is 5. The first kappa shape index (κ1) is 62.5. The van der Waals surface area contributed by atoms with E-state index in [0.29, 0.717) is 6.54 Å². The van der Waals surface area contributed by atoms with Crippen LogP contribution in [0.3, 0.4) is 0 Å². The number of esters is 1. The molecule has 6 fully saturated rings. The topological polar surface area (TPSA) is 222 Å². The summed E-state index contributed by atoms with van der Waals surface area (Å²) in [5, 5.41) is 30.3. The minimum absolute atomic E-state index is 0.0846. The summed E-state index contributed by atoms with van der Waals surface area (Å²) in [4.78, 5) is 82.6. The summed E-state index contributed by atoms with van der Waals surface area (Å²) < 4.78 is 52.2. The molecule has 4 saturated heterocycles. The molecular weight excluding hydrogens is 1210 g/mol. The molecule has 2 aliphatic carbocycles. The fourth-order valence-corrected chi connectivity index (χ4v) is 15.4. The van der Waals surface area contributed by atoms with Crippen molar-refractivity contribution in [3.8, 4) is 0 Å². The Labute approximate surface area is 494 Å². The molecule has 2 saturated carbocycles. The van der Waals surface area contributed by atoms with E-state index in [0.717, 1.165) is 111 Å². The average molecular weight is 1280 g/mol. The highest BCUT2D eigenvalue weighted by molar-refractivity contribution is 14.1. The van der Waals surface area contributed by atoms with Crippen molar-refractivity contribution in [2.24, 2.45) is 23.7 Å². The van der Waals surface area contributed by atoms with Gasteiger partial charge in [-0.2, -0.15) is 0 Å². The van der Waals surface area contributed by atoms with Gasteiger partial charge < -0.3 is 48.8 Å². The number of alkyl halides is 1. The highest BCUT2D eigenvalue weighted by Crippen LogP contribution is 2.54. The Balaban J connectivity index is 0.000000181. The van der Waals surface area contributed by atoms with Gasteiger partial charge in [0.05, 0.1) is 36.1 Å². The van der Waals surface area contributed by atoms with E-state index in [-0.39, 0.29) is 85.6 Å². The molecule has 23 heteroatoms. The minimum atomic E-state index is -1.20. The Hall–Kier alpha value is -4.53. The van der Waals surface area contributed by atoms with E-state index < -0.39 is 54.6 Å². The number of thioether (sulfide) groups is 2. The first-order chi connectivity index (χ1) is 38.6. The molecule has 444 valence electrons. The molecule has 2 aromatic carbocycles. The highest BCUT2D eigenvalue weighted by atomic mass is 127. The van der Waals surface area contributed by atoms with Gasteiger partial charge >= 0.3 is 24.2 Å². The number of β-lactam (4-membered cyclic amide) rings is 2. The maximum Gasteiger partial charge on any atom is 0.511 e. The molecule has 0 radical (unpaired) electrons. The van der Waals surface area contributed by atoms with Gasteiger partial charge in [-0.05, 0) is 130 Å². The van der Waals surface area contributed by atoms with Gasteiger partial charge in [-0.3, -0.25) is 19.4 Å². The maximum atomic E-state index is 13.4. The van der Waals surface area contributed by atoms with Crippen molar-refractivity contribution in [2.75, 3.05) is 26.2 Å². The van der Waals surface area contributed by atoms with Crippen molar-refractivity contribution < 1.29 is 76.6 Å². The average Bonchev–Trinajstić information content (AvgIpc) is 2.25. The minimum Gasteiger partial charge on any atom is -0.477 e. The summed E-state index contributed by atoms with van der Waals surface area (Å²) in [6, 6.07) is 12.3. The molecule has 6 aliphatic heterocycles. The van der Waals surface area contributed by atoms with Gasteiger partial charge in [-0.25, -0.2) is 28.0 Å². The van der Waals surface area contributed by atoms with Gasteiger partial charge in [-0.1, -0.05) is 51.0 Å². The Morgan fingerprint density at radius 3 is 1.37 bits per heavy atom. The maximum absolute atomic E-state index is 13.4. The summed E-state index contributed by atoms with van der Waals surface area (Å²) in [7, 11) is 0. The van der Waals surface area contributed by atoms with E-state index in [2.05, 4.69) is 9.80 Å². The van der Waals surface area contributed by atoms with Crippen molar-refractivity contribution in [3.63, 3.8) is 0 Å². The number of aliphatic hydroxyl groups is 2. The second-order valence-electron chi connectivity index (χ2n) is 22.4. The number of fused-ring (bicyclic) bond motifs is 2. The number of halogens is 3. The third kappa shape index (κ3) is 15.2. The van der Waals surface area contributed by atoms with E-state index in [1.165, 1.54) is 47.4 Å². The molecule has 0 aromatic heterocycles. The van der Waals surface area contributed by atoms with Crippen molar-refractivity contribution in [1.29, 1.82) is 0 Å². The molecule has 18 nitrogen and oxygen atoms in total. The fourth-order valence-electron chi connectivity index (χ4n) is 12.0. The molecule has 2 aromatic rings. The lowest BCUT2D eigenvalue weighted by atomic mass is 9.79. The number of aliphatic hydroxyl groups excluding tert-OH is 2. The smallest absolute Gasteiger partial charge is 0.477 e. The zero-order chi connectivity index (χ0) is 58.4. The van der Waals surface area contributed by atoms with Gasteiger partial charge in [0, 0.05) is 78.3 Å². The number of hydrogen-bond donors (Lipinski definition) is 3. The van der Waals surface area contributed by atoms with Crippen LogP contribution in [-0.4, -0.2) is 155 Å². The van der Waals surface area contributed by atoms with Crippen LogP contribution < -0.4 is 0 Å². The molecule has 81 heavy (non-hydrogen) atoms. The van der Waals surface area contributed by atoms with Crippen LogP contribution >= 0.6 is 46.1 Å². The largest absolute Gasteiger partial charge is 0.511 e. The van der Waals surface area contributed by atoms with Crippen LogP contribution in [0.1, 0.15) is 117 Å². The molecule has 0 bridgehead atoms. The molecule has 10 rings (SSSR count). The predicted octanol–water partition coefficient (Wildman–Crippen LogP) is 9.34. The lowest BCUT2D eigenvalue weighted by Crippen LogP contribution is -2.63. The van der Waals surface area contributed by atoms with E-state index in [1.807, 2.05) is 43.4 Å². The van der Waals surface area contributed by atoms with Gasteiger partial charge in [0.15, 0.2) is 4.11 Å². The third-order valence-corrected chi connectivity index (χ3v) is 19.3. The van der Waals surface area contributed by atoms with Crippen LogP contribution in [-0.2, 0) is 56.0 Å². The SMILES string of the molecule is CC(I)OC(=O)OC1CCCCC1.CC(OC(=O)OC1CCCCC1)OC(=O)C1=C(SC2CN(Cc3ccc(F)cc3)C2)[C@H](C)[C@@H]2[C@@H]([C@@H](C)O)C(=O)N12.C[C@@H](O)[C@H]1C(=O)N2C(C(=O)O)=C(SC3CN(Cc4ccc(F)cc4)C3)[C@H](C)[C@H]12. The van der Waals surface area contributed by atoms with Crippen LogP contribution in [0.15, 0.2) is 69.7 Å². The summed E-state index contributed by atoms with van der Waals surface area (Å²) >= 11 is 5.12. The summed E-state index contributed by atoms with van der Waals surface area (Å²) in [5.41, 5.74) is 2.31. The van der Waals surface area contributed by atoms with Gasteiger partial charge in [-0.15, -0.1) is 23.5 Å². The van der Waals surface area contributed by atoms with Crippen LogP contribution in [0.5, 0.6) is 0 Å². The zero-order valence-electron chi connectivity index (χ0n) is 46.6. The number of hydrogen-bond acceptors (Lipinski definition) is 17. The van der Waals surface area contributed by atoms with E-state index in [9.17, 15) is 52.9 Å². The highest BCUT2D eigenvalue weighted by Gasteiger charge is 2.62. The van der Waals surface area contributed by atoms with Crippen molar-refractivity contribution in [2.45, 2.75) is 176 Å². The number of benzene rings is 2.